The molecule has 3 aromatic rings. The normalized spacial score (nSPS) is 26.7. The summed E-state index contributed by atoms with van der Waals surface area (Å²) in [5.74, 6) is 1.55. The Morgan fingerprint density at radius 2 is 1.69 bits per heavy atom. The van der Waals surface area contributed by atoms with Crippen molar-refractivity contribution in [2.45, 2.75) is 31.7 Å². The van der Waals surface area contributed by atoms with E-state index in [9.17, 15) is 4.79 Å². The molecule has 5 heterocycles. The number of nitrogens with zero attached hydrogens (tertiary/aromatic N) is 5. The Kier molecular flexibility index (Phi) is 5.02. The highest BCUT2D eigenvalue weighted by Crippen LogP contribution is 2.39. The number of amides is 1. The van der Waals surface area contributed by atoms with Gasteiger partial charge in [-0.1, -0.05) is 36.4 Å². The minimum Gasteiger partial charge on any atom is -0.331 e. The molecule has 4 aliphatic heterocycles. The number of carbonyl (C=O) groups is 1. The molecule has 3 fully saturated rings. The molecule has 32 heavy (non-hydrogen) atoms. The summed E-state index contributed by atoms with van der Waals surface area (Å²) in [5, 5.41) is 7.81. The van der Waals surface area contributed by atoms with E-state index in [4.69, 9.17) is 0 Å². The maximum absolute atomic E-state index is 13.7. The minimum absolute atomic E-state index is 0.0245. The van der Waals surface area contributed by atoms with Crippen LogP contribution in [-0.2, 0) is 11.2 Å². The van der Waals surface area contributed by atoms with Crippen molar-refractivity contribution < 1.29 is 4.79 Å². The number of piperidine rings is 3. The van der Waals surface area contributed by atoms with Crippen LogP contribution in [0.3, 0.4) is 0 Å². The molecule has 7 rings (SSSR count). The molecule has 0 aliphatic carbocycles. The van der Waals surface area contributed by atoms with E-state index in [1.54, 1.807) is 12.7 Å². The fourth-order valence-electron chi connectivity index (χ4n) is 6.02. The van der Waals surface area contributed by atoms with Gasteiger partial charge in [0, 0.05) is 25.2 Å². The Morgan fingerprint density at radius 3 is 2.41 bits per heavy atom. The Morgan fingerprint density at radius 1 is 0.938 bits per heavy atom. The van der Waals surface area contributed by atoms with Crippen LogP contribution in [0, 0.1) is 11.8 Å². The van der Waals surface area contributed by atoms with Crippen molar-refractivity contribution >= 4 is 5.91 Å². The lowest BCUT2D eigenvalue weighted by atomic mass is 9.77. The lowest BCUT2D eigenvalue weighted by Crippen LogP contribution is -2.49. The molecular weight excluding hydrogens is 398 g/mol. The zero-order valence-electron chi connectivity index (χ0n) is 18.3. The maximum atomic E-state index is 13.7. The zero-order chi connectivity index (χ0) is 21.5. The van der Waals surface area contributed by atoms with Crippen LogP contribution >= 0.6 is 0 Å². The Balaban J connectivity index is 1.30. The van der Waals surface area contributed by atoms with E-state index in [0.29, 0.717) is 18.2 Å². The van der Waals surface area contributed by atoms with Crippen molar-refractivity contribution in [3.8, 4) is 5.69 Å². The first-order valence-electron chi connectivity index (χ1n) is 11.8. The average molecular weight is 428 g/mol. The molecule has 1 amide bonds. The molecule has 164 valence electrons. The summed E-state index contributed by atoms with van der Waals surface area (Å²) < 4.78 is 1.90. The number of hydrogen-bond donors (Lipinski definition) is 0. The van der Waals surface area contributed by atoms with E-state index >= 15 is 0 Å². The predicted molar refractivity (Wildman–Crippen MR) is 122 cm³/mol. The molecule has 2 bridgehead atoms. The monoisotopic (exact) mass is 427 g/mol. The maximum Gasteiger partial charge on any atom is 0.223 e. The van der Waals surface area contributed by atoms with Crippen LogP contribution in [0.5, 0.6) is 0 Å². The largest absolute Gasteiger partial charge is 0.331 e. The molecule has 6 nitrogen and oxygen atoms in total. The molecule has 0 N–H and O–H groups in total. The van der Waals surface area contributed by atoms with E-state index in [0.717, 1.165) is 36.7 Å². The van der Waals surface area contributed by atoms with E-state index < -0.39 is 0 Å². The van der Waals surface area contributed by atoms with Crippen LogP contribution in [-0.4, -0.2) is 56.7 Å². The van der Waals surface area contributed by atoms with Crippen LogP contribution in [0.2, 0.25) is 0 Å². The second-order valence-electron chi connectivity index (χ2n) is 9.50. The van der Waals surface area contributed by atoms with Gasteiger partial charge >= 0.3 is 0 Å². The van der Waals surface area contributed by atoms with Gasteiger partial charge in [0.15, 0.2) is 0 Å². The van der Waals surface area contributed by atoms with E-state index in [-0.39, 0.29) is 6.04 Å². The third-order valence-corrected chi connectivity index (χ3v) is 7.76. The standard InChI is InChI=1S/C26H29N5O/c32-25(15-22-16-29-12-9-19(22)10-13-29)31-14-11-20-3-1-2-4-24(20)26(31)21-5-7-23(8-6-21)30-17-27-28-18-30/h1-8,17-19,22,26H,9-16H2/t22-,26-/m1/s1. The molecular formula is C26H29N5O. The Labute approximate surface area is 188 Å². The first kappa shape index (κ1) is 19.7. The van der Waals surface area contributed by atoms with Crippen molar-refractivity contribution in [3.63, 3.8) is 0 Å². The van der Waals surface area contributed by atoms with Crippen LogP contribution in [0.25, 0.3) is 5.69 Å². The molecule has 2 atom stereocenters. The highest BCUT2D eigenvalue weighted by Gasteiger charge is 2.38. The predicted octanol–water partition coefficient (Wildman–Crippen LogP) is 3.47. The number of benzene rings is 2. The topological polar surface area (TPSA) is 54.3 Å². The van der Waals surface area contributed by atoms with Gasteiger partial charge in [-0.05, 0) is 73.0 Å². The summed E-state index contributed by atoms with van der Waals surface area (Å²) in [5.41, 5.74) is 4.80. The third-order valence-electron chi connectivity index (χ3n) is 7.76. The second-order valence-corrected chi connectivity index (χ2v) is 9.50. The third kappa shape index (κ3) is 3.52. The molecule has 0 saturated carbocycles. The van der Waals surface area contributed by atoms with Gasteiger partial charge in [0.25, 0.3) is 0 Å². The first-order valence-corrected chi connectivity index (χ1v) is 11.8. The van der Waals surface area contributed by atoms with Crippen molar-refractivity contribution in [1.29, 1.82) is 0 Å². The molecule has 3 saturated heterocycles. The molecule has 1 aromatic heterocycles. The van der Waals surface area contributed by atoms with Crippen LogP contribution in [0.4, 0.5) is 0 Å². The van der Waals surface area contributed by atoms with Gasteiger partial charge in [-0.2, -0.15) is 0 Å². The fourth-order valence-corrected chi connectivity index (χ4v) is 6.02. The van der Waals surface area contributed by atoms with Gasteiger partial charge in [0.2, 0.25) is 5.91 Å². The molecule has 6 heteroatoms. The molecule has 4 aliphatic rings. The molecule has 2 aromatic carbocycles. The Hall–Kier alpha value is -2.99. The van der Waals surface area contributed by atoms with Crippen molar-refractivity contribution in [2.24, 2.45) is 11.8 Å². The summed E-state index contributed by atoms with van der Waals surface area (Å²) in [6, 6.07) is 17.1. The smallest absolute Gasteiger partial charge is 0.223 e. The lowest BCUT2D eigenvalue weighted by molar-refractivity contribution is -0.136. The van der Waals surface area contributed by atoms with Gasteiger partial charge in [-0.3, -0.25) is 9.36 Å². The summed E-state index contributed by atoms with van der Waals surface area (Å²) in [4.78, 5) is 18.4. The quantitative estimate of drug-likeness (QED) is 0.640. The summed E-state index contributed by atoms with van der Waals surface area (Å²) in [6.45, 7) is 4.32. The van der Waals surface area contributed by atoms with E-state index in [1.165, 1.54) is 37.1 Å². The second kappa shape index (κ2) is 8.17. The highest BCUT2D eigenvalue weighted by atomic mass is 16.2. The van der Waals surface area contributed by atoms with E-state index in [2.05, 4.69) is 68.5 Å². The Bertz CT molecular complexity index is 1090. The van der Waals surface area contributed by atoms with Gasteiger partial charge in [-0.15, -0.1) is 10.2 Å². The molecule has 0 radical (unpaired) electrons. The number of carbonyl (C=O) groups excluding carboxylic acids is 1. The van der Waals surface area contributed by atoms with Crippen LogP contribution in [0.15, 0.2) is 61.2 Å². The SMILES string of the molecule is O=C(C[C@@H]1CN2CCC1CC2)N1CCc2ccccc2[C@H]1c1ccc(-n2cnnc2)cc1. The van der Waals surface area contributed by atoms with Crippen molar-refractivity contribution in [3.05, 3.63) is 77.9 Å². The molecule has 0 unspecified atom stereocenters. The summed E-state index contributed by atoms with van der Waals surface area (Å²) in [6.07, 6.45) is 7.53. The first-order chi connectivity index (χ1) is 15.8. The number of hydrogen-bond acceptors (Lipinski definition) is 4. The minimum atomic E-state index is -0.0245. The number of aromatic nitrogens is 3. The summed E-state index contributed by atoms with van der Waals surface area (Å²) >= 11 is 0. The average Bonchev–Trinajstić information content (AvgIpc) is 3.39. The van der Waals surface area contributed by atoms with Crippen LogP contribution in [0.1, 0.15) is 42.0 Å². The van der Waals surface area contributed by atoms with Gasteiger partial charge in [0.1, 0.15) is 12.7 Å². The summed E-state index contributed by atoms with van der Waals surface area (Å²) in [7, 11) is 0. The number of fused-ring (bicyclic) bond motifs is 4. The van der Waals surface area contributed by atoms with Gasteiger partial charge in [-0.25, -0.2) is 0 Å². The lowest BCUT2D eigenvalue weighted by Gasteiger charge is -2.46. The highest BCUT2D eigenvalue weighted by molar-refractivity contribution is 5.78. The molecule has 0 spiro atoms. The zero-order valence-corrected chi connectivity index (χ0v) is 18.3. The number of rotatable bonds is 4. The van der Waals surface area contributed by atoms with Crippen LogP contribution < -0.4 is 0 Å². The van der Waals surface area contributed by atoms with E-state index in [1.807, 2.05) is 4.57 Å². The fraction of sp³-hybridized carbons (Fsp3) is 0.423. The van der Waals surface area contributed by atoms with Gasteiger partial charge < -0.3 is 9.80 Å². The van der Waals surface area contributed by atoms with Crippen molar-refractivity contribution in [2.75, 3.05) is 26.2 Å². The van der Waals surface area contributed by atoms with Crippen molar-refractivity contribution in [1.82, 2.24) is 24.6 Å². The van der Waals surface area contributed by atoms with Gasteiger partial charge in [0.05, 0.1) is 6.04 Å².